The number of hydrogen-bond acceptors (Lipinski definition) is 2. The molecule has 0 aliphatic rings. The van der Waals surface area contributed by atoms with Crippen LogP contribution in [0.3, 0.4) is 0 Å². The van der Waals surface area contributed by atoms with Crippen LogP contribution in [0.5, 0.6) is 0 Å². The highest BCUT2D eigenvalue weighted by atomic mass is 79.9. The van der Waals surface area contributed by atoms with Gasteiger partial charge in [0.25, 0.3) is 0 Å². The first kappa shape index (κ1) is 9.99. The number of nitrogens with two attached hydrogens (primary N) is 1. The number of hydrogen-bond donors (Lipinski definition) is 1. The lowest BCUT2D eigenvalue weighted by molar-refractivity contribution is 0.862. The number of aromatic nitrogens is 1. The highest BCUT2D eigenvalue weighted by Crippen LogP contribution is 2.29. The first-order valence-electron chi connectivity index (χ1n) is 3.63. The fourth-order valence-corrected chi connectivity index (χ4v) is 2.07. The zero-order valence-electron chi connectivity index (χ0n) is 6.94. The molecule has 2 nitrogen and oxygen atoms in total. The number of nitrogens with zero attached hydrogens (tertiary/aromatic N) is 1. The van der Waals surface area contributed by atoms with Crippen LogP contribution in [-0.2, 0) is 0 Å². The molecule has 0 atom stereocenters. The third kappa shape index (κ3) is 1.98. The van der Waals surface area contributed by atoms with Gasteiger partial charge in [-0.3, -0.25) is 0 Å². The smallest absolute Gasteiger partial charge is 0.130 e. The molecule has 0 aliphatic heterocycles. The molecular weight excluding hydrogens is 284 g/mol. The van der Waals surface area contributed by atoms with Crippen molar-refractivity contribution in [1.29, 1.82) is 0 Å². The minimum absolute atomic E-state index is 0.417. The molecule has 0 bridgehead atoms. The van der Waals surface area contributed by atoms with Gasteiger partial charge in [0, 0.05) is 0 Å². The summed E-state index contributed by atoms with van der Waals surface area (Å²) in [6, 6.07) is 1.95. The summed E-state index contributed by atoms with van der Waals surface area (Å²) in [5.74, 6) is 0.417. The lowest BCUT2D eigenvalue weighted by Crippen LogP contribution is -1.99. The largest absolute Gasteiger partial charge is 0.396 e. The molecule has 12 heavy (non-hydrogen) atoms. The van der Waals surface area contributed by atoms with Gasteiger partial charge in [-0.15, -0.1) is 0 Å². The minimum Gasteiger partial charge on any atom is -0.396 e. The summed E-state index contributed by atoms with van der Waals surface area (Å²) in [5, 5.41) is 0. The summed E-state index contributed by atoms with van der Waals surface area (Å²) >= 11 is 6.62. The Bertz CT molecular complexity index is 297. The Morgan fingerprint density at radius 2 is 2.00 bits per heavy atom. The predicted octanol–water partition coefficient (Wildman–Crippen LogP) is 3.31. The molecule has 0 aliphatic carbocycles. The summed E-state index contributed by atoms with van der Waals surface area (Å²) < 4.78 is 1.52. The van der Waals surface area contributed by atoms with Gasteiger partial charge in [0.2, 0.25) is 0 Å². The lowest BCUT2D eigenvalue weighted by Gasteiger charge is -2.10. The highest BCUT2D eigenvalue weighted by Gasteiger charge is 2.09. The molecule has 1 aromatic heterocycles. The summed E-state index contributed by atoms with van der Waals surface area (Å²) in [7, 11) is 0. The van der Waals surface area contributed by atoms with Crippen LogP contribution >= 0.6 is 31.9 Å². The fourth-order valence-electron chi connectivity index (χ4n) is 0.989. The molecule has 0 radical (unpaired) electrons. The molecule has 1 rings (SSSR count). The minimum atomic E-state index is 0.417. The van der Waals surface area contributed by atoms with Crippen LogP contribution in [0.1, 0.15) is 25.3 Å². The van der Waals surface area contributed by atoms with Crippen LogP contribution in [0.25, 0.3) is 0 Å². The van der Waals surface area contributed by atoms with E-state index in [1.54, 1.807) is 0 Å². The van der Waals surface area contributed by atoms with E-state index >= 15 is 0 Å². The average molecular weight is 294 g/mol. The lowest BCUT2D eigenvalue weighted by atomic mass is 10.0. The van der Waals surface area contributed by atoms with Gasteiger partial charge in [-0.05, 0) is 49.4 Å². The molecule has 0 aromatic carbocycles. The van der Waals surface area contributed by atoms with Gasteiger partial charge < -0.3 is 5.73 Å². The maximum Gasteiger partial charge on any atom is 0.130 e. The summed E-state index contributed by atoms with van der Waals surface area (Å²) in [6.07, 6.45) is 0. The van der Waals surface area contributed by atoms with E-state index in [1.165, 1.54) is 0 Å². The molecular formula is C8H10Br2N2. The van der Waals surface area contributed by atoms with E-state index in [-0.39, 0.29) is 0 Å². The van der Waals surface area contributed by atoms with Crippen molar-refractivity contribution < 1.29 is 0 Å². The van der Waals surface area contributed by atoms with Gasteiger partial charge in [-0.2, -0.15) is 0 Å². The quantitative estimate of drug-likeness (QED) is 0.807. The van der Waals surface area contributed by atoms with Crippen LogP contribution in [0, 0.1) is 0 Å². The summed E-state index contributed by atoms with van der Waals surface area (Å²) in [5.41, 5.74) is 7.67. The molecule has 1 heterocycles. The molecule has 0 unspecified atom stereocenters. The summed E-state index contributed by atoms with van der Waals surface area (Å²) in [4.78, 5) is 4.12. The topological polar surface area (TPSA) is 38.9 Å². The molecule has 4 heteroatoms. The molecule has 0 amide bonds. The standard InChI is InChI=1S/C8H10Br2N2/c1-4(2)5-3-6(9)12-8(10)7(5)11/h3-4H,11H2,1-2H3. The Kier molecular flexibility index (Phi) is 3.12. The van der Waals surface area contributed by atoms with Gasteiger partial charge in [0.05, 0.1) is 5.69 Å². The predicted molar refractivity (Wildman–Crippen MR) is 58.1 cm³/mol. The Hall–Kier alpha value is -0.0900. The van der Waals surface area contributed by atoms with Crippen molar-refractivity contribution in [3.63, 3.8) is 0 Å². The molecule has 2 N–H and O–H groups in total. The number of anilines is 1. The van der Waals surface area contributed by atoms with Crippen molar-refractivity contribution in [2.75, 3.05) is 5.73 Å². The van der Waals surface area contributed by atoms with E-state index < -0.39 is 0 Å². The Morgan fingerprint density at radius 1 is 1.42 bits per heavy atom. The van der Waals surface area contributed by atoms with E-state index in [0.717, 1.165) is 15.9 Å². The Labute approximate surface area is 88.8 Å². The van der Waals surface area contributed by atoms with Crippen LogP contribution in [-0.4, -0.2) is 4.98 Å². The van der Waals surface area contributed by atoms with Crippen molar-refractivity contribution in [3.8, 4) is 0 Å². The van der Waals surface area contributed by atoms with E-state index in [2.05, 4.69) is 50.7 Å². The normalized spacial score (nSPS) is 10.8. The van der Waals surface area contributed by atoms with Gasteiger partial charge in [0.1, 0.15) is 9.21 Å². The second kappa shape index (κ2) is 3.75. The SMILES string of the molecule is CC(C)c1cc(Br)nc(Br)c1N. The molecule has 0 fully saturated rings. The summed E-state index contributed by atoms with van der Waals surface area (Å²) in [6.45, 7) is 4.20. The second-order valence-electron chi connectivity index (χ2n) is 2.89. The van der Waals surface area contributed by atoms with Gasteiger partial charge >= 0.3 is 0 Å². The zero-order chi connectivity index (χ0) is 9.30. The third-order valence-corrected chi connectivity index (χ3v) is 2.65. The van der Waals surface area contributed by atoms with Gasteiger partial charge in [-0.1, -0.05) is 13.8 Å². The first-order valence-corrected chi connectivity index (χ1v) is 5.22. The van der Waals surface area contributed by atoms with E-state index in [9.17, 15) is 0 Å². The van der Waals surface area contributed by atoms with Crippen molar-refractivity contribution in [2.24, 2.45) is 0 Å². The Balaban J connectivity index is 3.28. The maximum atomic E-state index is 5.82. The molecule has 1 aromatic rings. The van der Waals surface area contributed by atoms with Crippen LogP contribution in [0.4, 0.5) is 5.69 Å². The van der Waals surface area contributed by atoms with Crippen molar-refractivity contribution in [3.05, 3.63) is 20.8 Å². The second-order valence-corrected chi connectivity index (χ2v) is 4.46. The van der Waals surface area contributed by atoms with Crippen LogP contribution in [0.2, 0.25) is 0 Å². The van der Waals surface area contributed by atoms with Crippen molar-refractivity contribution in [2.45, 2.75) is 19.8 Å². The number of nitrogen functional groups attached to an aromatic ring is 1. The van der Waals surface area contributed by atoms with Crippen molar-refractivity contribution >= 4 is 37.5 Å². The van der Waals surface area contributed by atoms with E-state index in [0.29, 0.717) is 10.5 Å². The molecule has 0 saturated heterocycles. The Morgan fingerprint density at radius 3 is 2.50 bits per heavy atom. The zero-order valence-corrected chi connectivity index (χ0v) is 10.1. The van der Waals surface area contributed by atoms with Crippen LogP contribution < -0.4 is 5.73 Å². The molecule has 66 valence electrons. The number of rotatable bonds is 1. The number of halogens is 2. The average Bonchev–Trinajstić information content (AvgIpc) is 1.96. The fraction of sp³-hybridized carbons (Fsp3) is 0.375. The third-order valence-electron chi connectivity index (χ3n) is 1.63. The first-order chi connectivity index (χ1) is 5.52. The van der Waals surface area contributed by atoms with Gasteiger partial charge in [-0.25, -0.2) is 4.98 Å². The number of pyridine rings is 1. The van der Waals surface area contributed by atoms with Gasteiger partial charge in [0.15, 0.2) is 0 Å². The monoisotopic (exact) mass is 292 g/mol. The highest BCUT2D eigenvalue weighted by molar-refractivity contribution is 9.11. The molecule has 0 spiro atoms. The maximum absolute atomic E-state index is 5.82. The van der Waals surface area contributed by atoms with Crippen LogP contribution in [0.15, 0.2) is 15.3 Å². The van der Waals surface area contributed by atoms with E-state index in [1.807, 2.05) is 6.07 Å². The molecule has 0 saturated carbocycles. The van der Waals surface area contributed by atoms with E-state index in [4.69, 9.17) is 5.73 Å². The van der Waals surface area contributed by atoms with Crippen molar-refractivity contribution in [1.82, 2.24) is 4.98 Å².